The minimum atomic E-state index is -1.52. The van der Waals surface area contributed by atoms with E-state index in [1.807, 2.05) is 0 Å². The smallest absolute Gasteiger partial charge is 0.157 e. The summed E-state index contributed by atoms with van der Waals surface area (Å²) >= 11 is 5.77. The lowest BCUT2D eigenvalue weighted by molar-refractivity contribution is -0.110. The van der Waals surface area contributed by atoms with Gasteiger partial charge in [-0.15, -0.1) is 23.6 Å². The van der Waals surface area contributed by atoms with Gasteiger partial charge < -0.3 is 9.47 Å². The summed E-state index contributed by atoms with van der Waals surface area (Å²) in [6.07, 6.45) is 4.73. The van der Waals surface area contributed by atoms with E-state index in [-0.39, 0.29) is 12.9 Å². The molecule has 0 aromatic heterocycles. The van der Waals surface area contributed by atoms with Crippen LogP contribution in [0.3, 0.4) is 0 Å². The summed E-state index contributed by atoms with van der Waals surface area (Å²) in [4.78, 5) is 0. The normalized spacial score (nSPS) is 12.5. The standard InChI is InChI=1S/C11H17ClO2Si/c1-5-7-13-11(2)14-8-6-9-15(3,4)10-12/h1,11H,7-8,10H2,2-4H3. The second kappa shape index (κ2) is 7.79. The predicted octanol–water partition coefficient (Wildman–Crippen LogP) is 2.03. The monoisotopic (exact) mass is 244 g/mol. The van der Waals surface area contributed by atoms with E-state index in [2.05, 4.69) is 30.5 Å². The van der Waals surface area contributed by atoms with Gasteiger partial charge in [0.25, 0.3) is 0 Å². The third-order valence-electron chi connectivity index (χ3n) is 1.55. The van der Waals surface area contributed by atoms with Gasteiger partial charge in [-0.25, -0.2) is 0 Å². The molecule has 0 saturated carbocycles. The number of rotatable bonds is 5. The maximum atomic E-state index is 5.77. The fourth-order valence-corrected chi connectivity index (χ4v) is 1.50. The molecule has 0 saturated heterocycles. The molecule has 2 nitrogen and oxygen atoms in total. The number of terminal acetylenes is 1. The Morgan fingerprint density at radius 2 is 1.93 bits per heavy atom. The fraction of sp³-hybridized carbons (Fsp3) is 0.636. The van der Waals surface area contributed by atoms with Crippen molar-refractivity contribution in [3.05, 3.63) is 0 Å². The quantitative estimate of drug-likeness (QED) is 0.319. The highest BCUT2D eigenvalue weighted by Gasteiger charge is 2.15. The first-order chi connectivity index (χ1) is 7.02. The molecule has 0 heterocycles. The summed E-state index contributed by atoms with van der Waals surface area (Å²) in [6.45, 7) is 6.65. The van der Waals surface area contributed by atoms with Crippen molar-refractivity contribution >= 4 is 19.7 Å². The van der Waals surface area contributed by atoms with Crippen molar-refractivity contribution in [2.45, 2.75) is 26.3 Å². The highest BCUT2D eigenvalue weighted by atomic mass is 35.5. The van der Waals surface area contributed by atoms with E-state index in [4.69, 9.17) is 27.5 Å². The van der Waals surface area contributed by atoms with Crippen molar-refractivity contribution in [1.82, 2.24) is 0 Å². The maximum absolute atomic E-state index is 5.77. The summed E-state index contributed by atoms with van der Waals surface area (Å²) in [7, 11) is -1.52. The average molecular weight is 245 g/mol. The Hall–Kier alpha value is -0.453. The first-order valence-corrected chi connectivity index (χ1v) is 8.48. The van der Waals surface area contributed by atoms with E-state index in [9.17, 15) is 0 Å². The van der Waals surface area contributed by atoms with Gasteiger partial charge in [0.15, 0.2) is 6.29 Å². The van der Waals surface area contributed by atoms with Crippen LogP contribution in [-0.4, -0.2) is 33.1 Å². The summed E-state index contributed by atoms with van der Waals surface area (Å²) in [5, 5.41) is 0. The molecule has 84 valence electrons. The van der Waals surface area contributed by atoms with E-state index in [1.54, 1.807) is 6.92 Å². The molecule has 0 aliphatic carbocycles. The van der Waals surface area contributed by atoms with E-state index < -0.39 is 8.07 Å². The zero-order valence-corrected chi connectivity index (χ0v) is 11.2. The Balaban J connectivity index is 3.74. The van der Waals surface area contributed by atoms with Crippen molar-refractivity contribution < 1.29 is 9.47 Å². The van der Waals surface area contributed by atoms with Crippen LogP contribution in [0.5, 0.6) is 0 Å². The highest BCUT2D eigenvalue weighted by molar-refractivity contribution is 6.89. The van der Waals surface area contributed by atoms with Crippen molar-refractivity contribution in [2.75, 3.05) is 18.7 Å². The van der Waals surface area contributed by atoms with Gasteiger partial charge in [-0.05, 0) is 6.92 Å². The Morgan fingerprint density at radius 1 is 1.33 bits per heavy atom. The van der Waals surface area contributed by atoms with E-state index >= 15 is 0 Å². The number of alkyl halides is 1. The van der Waals surface area contributed by atoms with Crippen LogP contribution in [0.25, 0.3) is 0 Å². The molecule has 0 aromatic rings. The number of halogens is 1. The van der Waals surface area contributed by atoms with Crippen LogP contribution in [0.1, 0.15) is 6.92 Å². The zero-order chi connectivity index (χ0) is 11.7. The van der Waals surface area contributed by atoms with Crippen molar-refractivity contribution in [2.24, 2.45) is 0 Å². The highest BCUT2D eigenvalue weighted by Crippen LogP contribution is 2.01. The van der Waals surface area contributed by atoms with E-state index in [0.717, 1.165) is 0 Å². The van der Waals surface area contributed by atoms with Crippen LogP contribution in [0, 0.1) is 23.8 Å². The van der Waals surface area contributed by atoms with Gasteiger partial charge in [0.1, 0.15) is 21.3 Å². The minimum absolute atomic E-state index is 0.260. The lowest BCUT2D eigenvalue weighted by atomic mass is 10.6. The molecular formula is C11H17ClO2Si. The van der Waals surface area contributed by atoms with Gasteiger partial charge in [-0.2, -0.15) is 0 Å². The summed E-state index contributed by atoms with van der Waals surface area (Å²) < 4.78 is 10.4. The number of hydrogen-bond acceptors (Lipinski definition) is 2. The molecule has 0 aliphatic heterocycles. The third kappa shape index (κ3) is 8.54. The van der Waals surface area contributed by atoms with Gasteiger partial charge in [-0.3, -0.25) is 0 Å². The van der Waals surface area contributed by atoms with Crippen LogP contribution in [0.4, 0.5) is 0 Å². The lowest BCUT2D eigenvalue weighted by Crippen LogP contribution is -2.26. The first-order valence-electron chi connectivity index (χ1n) is 4.74. The lowest BCUT2D eigenvalue weighted by Gasteiger charge is -2.10. The van der Waals surface area contributed by atoms with Crippen LogP contribution in [0.2, 0.25) is 13.1 Å². The summed E-state index contributed by atoms with van der Waals surface area (Å²) in [6, 6.07) is 0. The summed E-state index contributed by atoms with van der Waals surface area (Å²) in [5.41, 5.74) is 3.80. The molecule has 0 aromatic carbocycles. The topological polar surface area (TPSA) is 18.5 Å². The second-order valence-electron chi connectivity index (χ2n) is 3.71. The molecule has 0 radical (unpaired) electrons. The molecule has 0 fully saturated rings. The molecule has 0 N–H and O–H groups in total. The molecule has 0 aliphatic rings. The molecular weight excluding hydrogens is 228 g/mol. The number of ether oxygens (including phenoxy) is 2. The largest absolute Gasteiger partial charge is 0.340 e. The van der Waals surface area contributed by atoms with Gasteiger partial charge in [-0.1, -0.05) is 24.9 Å². The van der Waals surface area contributed by atoms with E-state index in [0.29, 0.717) is 12.1 Å². The van der Waals surface area contributed by atoms with Crippen LogP contribution in [-0.2, 0) is 9.47 Å². The molecule has 4 heteroatoms. The molecule has 1 unspecified atom stereocenters. The SMILES string of the molecule is C#CCOC(C)OCC#C[Si](C)(C)CCl. The average Bonchev–Trinajstić information content (AvgIpc) is 2.21. The van der Waals surface area contributed by atoms with Gasteiger partial charge >= 0.3 is 0 Å². The van der Waals surface area contributed by atoms with Gasteiger partial charge in [0.2, 0.25) is 0 Å². The zero-order valence-electron chi connectivity index (χ0n) is 9.47. The van der Waals surface area contributed by atoms with E-state index in [1.165, 1.54) is 0 Å². The van der Waals surface area contributed by atoms with Crippen molar-refractivity contribution in [1.29, 1.82) is 0 Å². The Morgan fingerprint density at radius 3 is 2.47 bits per heavy atom. The Labute approximate surface area is 98.3 Å². The Bertz CT molecular complexity index is 273. The van der Waals surface area contributed by atoms with Gasteiger partial charge in [0.05, 0.1) is 0 Å². The van der Waals surface area contributed by atoms with Gasteiger partial charge in [0, 0.05) is 5.50 Å². The van der Waals surface area contributed by atoms with Crippen molar-refractivity contribution in [3.8, 4) is 23.8 Å². The second-order valence-corrected chi connectivity index (χ2v) is 8.80. The predicted molar refractivity (Wildman–Crippen MR) is 66.2 cm³/mol. The fourth-order valence-electron chi connectivity index (χ4n) is 0.681. The number of hydrogen-bond donors (Lipinski definition) is 0. The molecule has 0 bridgehead atoms. The summed E-state index contributed by atoms with van der Waals surface area (Å²) in [5.74, 6) is 5.33. The minimum Gasteiger partial charge on any atom is -0.340 e. The van der Waals surface area contributed by atoms with Crippen LogP contribution in [0.15, 0.2) is 0 Å². The molecule has 15 heavy (non-hydrogen) atoms. The molecule has 0 rings (SSSR count). The molecule has 1 atom stereocenters. The first kappa shape index (κ1) is 14.5. The maximum Gasteiger partial charge on any atom is 0.157 e. The molecule has 0 amide bonds. The van der Waals surface area contributed by atoms with Crippen LogP contribution >= 0.6 is 11.6 Å². The van der Waals surface area contributed by atoms with Crippen molar-refractivity contribution in [3.63, 3.8) is 0 Å². The Kier molecular flexibility index (Phi) is 7.55. The third-order valence-corrected chi connectivity index (χ3v) is 5.08. The van der Waals surface area contributed by atoms with Crippen LogP contribution < -0.4 is 0 Å². The molecule has 0 spiro atoms.